The fraction of sp³-hybridized carbons (Fsp3) is 0.375. The fourth-order valence-corrected chi connectivity index (χ4v) is 4.71. The van der Waals surface area contributed by atoms with Gasteiger partial charge in [-0.25, -0.2) is 4.79 Å². The minimum atomic E-state index is -0.642. The second-order valence-electron chi connectivity index (χ2n) is 10.8. The molecule has 206 valence electrons. The molecule has 0 saturated carbocycles. The number of carbonyl (C=O) groups is 2. The minimum Gasteiger partial charge on any atom is -0.497 e. The molecule has 1 fully saturated rings. The Morgan fingerprint density at radius 3 is 2.21 bits per heavy atom. The standard InChI is InChI=1S/C32H37NO6/c1-32(2,3)39-31(35)33-29(19-23-12-16-26(17-13-23)37-20-24-8-6-5-7-9-24)28-21-38-30(34)27(28)18-22-10-14-25(36-4)15-11-22/h5-17,27-29H,18-21H2,1-4H3,(H,33,35)/t27-,28?,29+/m1/s1. The Kier molecular flexibility index (Phi) is 9.12. The van der Waals surface area contributed by atoms with Crippen molar-refractivity contribution in [1.29, 1.82) is 0 Å². The van der Waals surface area contributed by atoms with Gasteiger partial charge < -0.3 is 24.3 Å². The van der Waals surface area contributed by atoms with Gasteiger partial charge in [0.25, 0.3) is 0 Å². The normalized spacial score (nSPS) is 17.7. The summed E-state index contributed by atoms with van der Waals surface area (Å²) < 4.78 is 22.2. The van der Waals surface area contributed by atoms with Gasteiger partial charge in [0.15, 0.2) is 0 Å². The maximum atomic E-state index is 12.8. The van der Waals surface area contributed by atoms with E-state index in [4.69, 9.17) is 18.9 Å². The van der Waals surface area contributed by atoms with E-state index in [1.165, 1.54) is 0 Å². The summed E-state index contributed by atoms with van der Waals surface area (Å²) in [7, 11) is 1.62. The van der Waals surface area contributed by atoms with Gasteiger partial charge in [-0.1, -0.05) is 54.6 Å². The number of ether oxygens (including phenoxy) is 4. The number of benzene rings is 3. The summed E-state index contributed by atoms with van der Waals surface area (Å²) >= 11 is 0. The lowest BCUT2D eigenvalue weighted by Gasteiger charge is -2.29. The number of hydrogen-bond donors (Lipinski definition) is 1. The first-order chi connectivity index (χ1) is 18.7. The largest absolute Gasteiger partial charge is 0.497 e. The predicted molar refractivity (Wildman–Crippen MR) is 149 cm³/mol. The van der Waals surface area contributed by atoms with E-state index in [1.807, 2.05) is 99.6 Å². The molecule has 7 nitrogen and oxygen atoms in total. The molecule has 1 unspecified atom stereocenters. The molecule has 0 bridgehead atoms. The third-order valence-corrected chi connectivity index (χ3v) is 6.70. The smallest absolute Gasteiger partial charge is 0.407 e. The van der Waals surface area contributed by atoms with Gasteiger partial charge >= 0.3 is 12.1 Å². The summed E-state index contributed by atoms with van der Waals surface area (Å²) in [5.41, 5.74) is 2.46. The molecule has 0 radical (unpaired) electrons. The number of amides is 1. The van der Waals surface area contributed by atoms with Crippen LogP contribution in [0.1, 0.15) is 37.5 Å². The lowest BCUT2D eigenvalue weighted by Crippen LogP contribution is -2.46. The first-order valence-electron chi connectivity index (χ1n) is 13.2. The van der Waals surface area contributed by atoms with Crippen molar-refractivity contribution in [2.24, 2.45) is 11.8 Å². The molecule has 1 saturated heterocycles. The Morgan fingerprint density at radius 1 is 0.923 bits per heavy atom. The molecule has 1 heterocycles. The Labute approximate surface area is 230 Å². The van der Waals surface area contributed by atoms with Crippen LogP contribution in [0, 0.1) is 11.8 Å². The Balaban J connectivity index is 1.49. The number of carbonyl (C=O) groups excluding carboxylic acids is 2. The molecule has 4 rings (SSSR count). The van der Waals surface area contributed by atoms with Gasteiger partial charge in [-0.15, -0.1) is 0 Å². The highest BCUT2D eigenvalue weighted by molar-refractivity contribution is 5.76. The zero-order valence-electron chi connectivity index (χ0n) is 23.0. The van der Waals surface area contributed by atoms with Crippen molar-refractivity contribution < 1.29 is 28.5 Å². The van der Waals surface area contributed by atoms with Gasteiger partial charge in [0.1, 0.15) is 23.7 Å². The number of hydrogen-bond acceptors (Lipinski definition) is 6. The zero-order chi connectivity index (χ0) is 27.8. The fourth-order valence-electron chi connectivity index (χ4n) is 4.71. The van der Waals surface area contributed by atoms with Crippen LogP contribution in [0.2, 0.25) is 0 Å². The highest BCUT2D eigenvalue weighted by Gasteiger charge is 2.42. The lowest BCUT2D eigenvalue weighted by atomic mass is 9.82. The van der Waals surface area contributed by atoms with Crippen LogP contribution >= 0.6 is 0 Å². The first-order valence-corrected chi connectivity index (χ1v) is 13.2. The molecule has 1 N–H and O–H groups in total. The van der Waals surface area contributed by atoms with E-state index in [-0.39, 0.29) is 24.5 Å². The average molecular weight is 532 g/mol. The number of cyclic esters (lactones) is 1. The van der Waals surface area contributed by atoms with Crippen LogP contribution in [0.25, 0.3) is 0 Å². The second kappa shape index (κ2) is 12.7. The van der Waals surface area contributed by atoms with Crippen LogP contribution in [-0.2, 0) is 33.7 Å². The molecule has 7 heteroatoms. The number of nitrogens with one attached hydrogen (secondary N) is 1. The summed E-state index contributed by atoms with van der Waals surface area (Å²) in [6.45, 7) is 6.19. The van der Waals surface area contributed by atoms with Crippen molar-refractivity contribution >= 4 is 12.1 Å². The minimum absolute atomic E-state index is 0.221. The molecule has 3 aromatic rings. The van der Waals surface area contributed by atoms with E-state index in [9.17, 15) is 9.59 Å². The van der Waals surface area contributed by atoms with Crippen LogP contribution in [0.3, 0.4) is 0 Å². The van der Waals surface area contributed by atoms with Gasteiger partial charge in [-0.2, -0.15) is 0 Å². The van der Waals surface area contributed by atoms with Gasteiger partial charge in [-0.05, 0) is 74.6 Å². The number of methoxy groups -OCH3 is 1. The van der Waals surface area contributed by atoms with Gasteiger partial charge in [0.2, 0.25) is 0 Å². The quantitative estimate of drug-likeness (QED) is 0.336. The monoisotopic (exact) mass is 531 g/mol. The summed E-state index contributed by atoms with van der Waals surface area (Å²) in [6.07, 6.45) is 0.503. The van der Waals surface area contributed by atoms with E-state index < -0.39 is 17.6 Å². The summed E-state index contributed by atoms with van der Waals surface area (Å²) in [5, 5.41) is 3.04. The van der Waals surface area contributed by atoms with Crippen molar-refractivity contribution in [3.63, 3.8) is 0 Å². The Morgan fingerprint density at radius 2 is 1.56 bits per heavy atom. The maximum absolute atomic E-state index is 12.8. The third-order valence-electron chi connectivity index (χ3n) is 6.70. The van der Waals surface area contributed by atoms with E-state index >= 15 is 0 Å². The summed E-state index contributed by atoms with van der Waals surface area (Å²) in [5.74, 6) is 0.644. The molecule has 0 aliphatic carbocycles. The second-order valence-corrected chi connectivity index (χ2v) is 10.8. The van der Waals surface area contributed by atoms with Crippen molar-refractivity contribution in [3.8, 4) is 11.5 Å². The molecular weight excluding hydrogens is 494 g/mol. The molecule has 3 aromatic carbocycles. The average Bonchev–Trinajstić information content (AvgIpc) is 3.27. The van der Waals surface area contributed by atoms with Crippen LogP contribution in [0.5, 0.6) is 11.5 Å². The van der Waals surface area contributed by atoms with Crippen molar-refractivity contribution in [3.05, 3.63) is 95.6 Å². The van der Waals surface area contributed by atoms with Crippen LogP contribution < -0.4 is 14.8 Å². The van der Waals surface area contributed by atoms with Crippen LogP contribution in [0.15, 0.2) is 78.9 Å². The first kappa shape index (κ1) is 28.0. The molecular formula is C32H37NO6. The predicted octanol–water partition coefficient (Wildman–Crippen LogP) is 5.74. The highest BCUT2D eigenvalue weighted by Crippen LogP contribution is 2.31. The third kappa shape index (κ3) is 8.24. The van der Waals surface area contributed by atoms with Crippen LogP contribution in [-0.4, -0.2) is 37.4 Å². The van der Waals surface area contributed by atoms with Crippen LogP contribution in [0.4, 0.5) is 4.79 Å². The molecule has 1 aliphatic rings. The van der Waals surface area contributed by atoms with Crippen molar-refractivity contribution in [1.82, 2.24) is 5.32 Å². The molecule has 1 amide bonds. The highest BCUT2D eigenvalue weighted by atomic mass is 16.6. The summed E-state index contributed by atoms with van der Waals surface area (Å²) in [6, 6.07) is 25.1. The molecule has 3 atom stereocenters. The van der Waals surface area contributed by atoms with Gasteiger partial charge in [0.05, 0.1) is 19.6 Å². The zero-order valence-corrected chi connectivity index (χ0v) is 23.0. The topological polar surface area (TPSA) is 83.1 Å². The van der Waals surface area contributed by atoms with E-state index in [2.05, 4.69) is 5.32 Å². The van der Waals surface area contributed by atoms with Crippen molar-refractivity contribution in [2.45, 2.75) is 51.9 Å². The number of esters is 1. The SMILES string of the molecule is COc1ccc(C[C@H]2C(=O)OCC2[C@H](Cc2ccc(OCc3ccccc3)cc2)NC(=O)OC(C)(C)C)cc1. The lowest BCUT2D eigenvalue weighted by molar-refractivity contribution is -0.141. The maximum Gasteiger partial charge on any atom is 0.407 e. The van der Waals surface area contributed by atoms with Crippen molar-refractivity contribution in [2.75, 3.05) is 13.7 Å². The molecule has 0 spiro atoms. The number of alkyl carbamates (subject to hydrolysis) is 1. The summed E-state index contributed by atoms with van der Waals surface area (Å²) in [4.78, 5) is 25.6. The Bertz CT molecular complexity index is 1220. The van der Waals surface area contributed by atoms with Gasteiger partial charge in [0, 0.05) is 12.0 Å². The van der Waals surface area contributed by atoms with E-state index in [0.717, 1.165) is 28.2 Å². The molecule has 1 aliphatic heterocycles. The number of rotatable bonds is 10. The van der Waals surface area contributed by atoms with E-state index in [1.54, 1.807) is 7.11 Å². The molecule has 39 heavy (non-hydrogen) atoms. The van der Waals surface area contributed by atoms with E-state index in [0.29, 0.717) is 19.4 Å². The van der Waals surface area contributed by atoms with Gasteiger partial charge in [-0.3, -0.25) is 4.79 Å². The Hall–Kier alpha value is -4.00. The molecule has 0 aromatic heterocycles.